The Morgan fingerprint density at radius 2 is 1.17 bits per heavy atom. The summed E-state index contributed by atoms with van der Waals surface area (Å²) < 4.78 is 10.8. The molecule has 0 heterocycles. The Morgan fingerprint density at radius 3 is 1.48 bits per heavy atom. The molecule has 0 amide bonds. The summed E-state index contributed by atoms with van der Waals surface area (Å²) >= 11 is 5.30. The van der Waals surface area contributed by atoms with Gasteiger partial charge < -0.3 is 23.0 Å². The second-order valence-electron chi connectivity index (χ2n) is 4.49. The van der Waals surface area contributed by atoms with Gasteiger partial charge in [0.1, 0.15) is 11.5 Å². The third-order valence-electron chi connectivity index (χ3n) is 2.85. The van der Waals surface area contributed by atoms with Crippen LogP contribution in [0.15, 0.2) is 48.5 Å². The zero-order valence-electron chi connectivity index (χ0n) is 15.5. The first kappa shape index (κ1) is 20.3. The average Bonchev–Trinajstić information content (AvgIpc) is 2.52. The van der Waals surface area contributed by atoms with Crippen molar-refractivity contribution in [2.45, 2.75) is 13.8 Å². The van der Waals surface area contributed by atoms with E-state index < -0.39 is 0 Å². The first-order valence-corrected chi connectivity index (χ1v) is 7.65. The fourth-order valence-corrected chi connectivity index (χ4v) is 2.13. The Labute approximate surface area is 186 Å². The van der Waals surface area contributed by atoms with E-state index in [1.165, 1.54) is 0 Å². The third-order valence-corrected chi connectivity index (χ3v) is 3.05. The van der Waals surface area contributed by atoms with E-state index in [-0.39, 0.29) is 51.7 Å². The summed E-state index contributed by atoms with van der Waals surface area (Å²) in [6.45, 7) is 5.24. The molecule has 0 aromatic heterocycles. The number of hydrogen-bond acceptors (Lipinski definition) is 3. The van der Waals surface area contributed by atoms with Gasteiger partial charge in [0.25, 0.3) is 0 Å². The molecule has 0 spiro atoms. The Hall–Kier alpha value is -0.699. The van der Waals surface area contributed by atoms with Crippen LogP contribution in [0, 0.1) is 0 Å². The summed E-state index contributed by atoms with van der Waals surface area (Å²) in [6, 6.07) is 15.3. The molecule has 0 saturated heterocycles. The molecule has 0 atom stereocenters. The van der Waals surface area contributed by atoms with Crippen molar-refractivity contribution in [1.29, 1.82) is 0 Å². The maximum absolute atomic E-state index is 5.40. The minimum atomic E-state index is 0. The molecule has 23 heavy (non-hydrogen) atoms. The van der Waals surface area contributed by atoms with Gasteiger partial charge in [0.2, 0.25) is 0 Å². The van der Waals surface area contributed by atoms with E-state index in [1.807, 2.05) is 62.4 Å². The van der Waals surface area contributed by atoms with Crippen LogP contribution in [0.25, 0.3) is 0 Å². The zero-order valence-corrected chi connectivity index (χ0v) is 18.7. The summed E-state index contributed by atoms with van der Waals surface area (Å²) in [6.07, 6.45) is 0. The molecular formula is C17H22BaN2O2S. The maximum Gasteiger partial charge on any atom is 2.00 e. The van der Waals surface area contributed by atoms with Crippen LogP contribution in [0.4, 0.5) is 11.4 Å². The van der Waals surface area contributed by atoms with Crippen LogP contribution >= 0.6 is 12.2 Å². The van der Waals surface area contributed by atoms with Crippen molar-refractivity contribution >= 4 is 77.6 Å². The smallest absolute Gasteiger partial charge is 1.00 e. The van der Waals surface area contributed by atoms with Crippen LogP contribution in [0.2, 0.25) is 0 Å². The third kappa shape index (κ3) is 7.16. The van der Waals surface area contributed by atoms with Crippen molar-refractivity contribution in [3.63, 3.8) is 0 Å². The van der Waals surface area contributed by atoms with Gasteiger partial charge in [0.15, 0.2) is 5.11 Å². The topological polar surface area (TPSA) is 42.5 Å². The quantitative estimate of drug-likeness (QED) is 0.506. The molecule has 0 aliphatic carbocycles. The predicted molar refractivity (Wildman–Crippen MR) is 103 cm³/mol. The monoisotopic (exact) mass is 456 g/mol. The molecule has 2 N–H and O–H groups in total. The minimum Gasteiger partial charge on any atom is -1.00 e. The van der Waals surface area contributed by atoms with Gasteiger partial charge in [-0.1, -0.05) is 0 Å². The summed E-state index contributed by atoms with van der Waals surface area (Å²) in [4.78, 5) is 0. The molecule has 0 aliphatic heterocycles. The van der Waals surface area contributed by atoms with Gasteiger partial charge in [-0.3, -0.25) is 0 Å². The van der Waals surface area contributed by atoms with Crippen molar-refractivity contribution in [3.8, 4) is 11.5 Å². The van der Waals surface area contributed by atoms with Crippen molar-refractivity contribution < 1.29 is 12.3 Å². The number of hydrogen-bond donors (Lipinski definition) is 2. The van der Waals surface area contributed by atoms with Crippen molar-refractivity contribution in [1.82, 2.24) is 0 Å². The van der Waals surface area contributed by atoms with Crippen molar-refractivity contribution in [3.05, 3.63) is 48.5 Å². The first-order chi connectivity index (χ1) is 10.7. The summed E-state index contributed by atoms with van der Waals surface area (Å²) in [5.41, 5.74) is 1.82. The number of thiocarbonyl (C=S) groups is 1. The number of nitrogens with one attached hydrogen (secondary N) is 2. The van der Waals surface area contributed by atoms with Crippen LogP contribution in [-0.4, -0.2) is 67.2 Å². The van der Waals surface area contributed by atoms with E-state index in [9.17, 15) is 0 Å². The van der Waals surface area contributed by atoms with Crippen LogP contribution in [0.3, 0.4) is 0 Å². The van der Waals surface area contributed by atoms with Crippen molar-refractivity contribution in [2.75, 3.05) is 23.8 Å². The Kier molecular flexibility index (Phi) is 9.70. The molecule has 2 aromatic rings. The number of benzene rings is 2. The SMILES string of the molecule is CCOc1ccc(NC(=S)Nc2ccc(OCC)cc2)cc1.[Ba+2].[H-].[H-]. The molecule has 0 aliphatic rings. The standard InChI is InChI=1S/C17H20N2O2S.Ba.2H/c1-3-20-15-9-5-13(6-10-15)18-17(22)19-14-7-11-16(12-8-14)21-4-2;;;/h5-12H,3-4H2,1-2H3,(H2,18,19,22);;;/q;+2;2*-1. The predicted octanol–water partition coefficient (Wildman–Crippen LogP) is 4.14. The Balaban J connectivity index is 0. The minimum absolute atomic E-state index is 0. The van der Waals surface area contributed by atoms with Crippen LogP contribution < -0.4 is 20.1 Å². The molecule has 0 bridgehead atoms. The second kappa shape index (κ2) is 11.0. The van der Waals surface area contributed by atoms with E-state index in [4.69, 9.17) is 21.7 Å². The molecule has 0 radical (unpaired) electrons. The summed E-state index contributed by atoms with van der Waals surface area (Å²) in [7, 11) is 0. The van der Waals surface area contributed by atoms with E-state index in [2.05, 4.69) is 10.6 Å². The molecule has 2 aromatic carbocycles. The first-order valence-electron chi connectivity index (χ1n) is 7.25. The van der Waals surface area contributed by atoms with Crippen LogP contribution in [0.5, 0.6) is 11.5 Å². The maximum atomic E-state index is 5.40. The van der Waals surface area contributed by atoms with E-state index in [0.29, 0.717) is 18.3 Å². The second-order valence-corrected chi connectivity index (χ2v) is 4.90. The van der Waals surface area contributed by atoms with E-state index in [1.54, 1.807) is 0 Å². The molecular weight excluding hydrogens is 434 g/mol. The van der Waals surface area contributed by atoms with Crippen LogP contribution in [-0.2, 0) is 0 Å². The summed E-state index contributed by atoms with van der Waals surface area (Å²) in [5.74, 6) is 1.69. The molecule has 0 unspecified atom stereocenters. The van der Waals surface area contributed by atoms with E-state index in [0.717, 1.165) is 22.9 Å². The molecule has 4 nitrogen and oxygen atoms in total. The average molecular weight is 456 g/mol. The Morgan fingerprint density at radius 1 is 0.826 bits per heavy atom. The number of ether oxygens (including phenoxy) is 2. The zero-order chi connectivity index (χ0) is 15.8. The van der Waals surface area contributed by atoms with Gasteiger partial charge in [-0.15, -0.1) is 0 Å². The fraction of sp³-hybridized carbons (Fsp3) is 0.235. The number of anilines is 2. The Bertz CT molecular complexity index is 560. The molecule has 0 fully saturated rings. The van der Waals surface area contributed by atoms with E-state index >= 15 is 0 Å². The van der Waals surface area contributed by atoms with Gasteiger partial charge >= 0.3 is 48.9 Å². The van der Waals surface area contributed by atoms with Gasteiger partial charge in [-0.2, -0.15) is 0 Å². The van der Waals surface area contributed by atoms with Gasteiger partial charge in [0.05, 0.1) is 13.2 Å². The van der Waals surface area contributed by atoms with Crippen molar-refractivity contribution in [2.24, 2.45) is 0 Å². The number of rotatable bonds is 6. The van der Waals surface area contributed by atoms with Gasteiger partial charge in [-0.05, 0) is 74.6 Å². The summed E-state index contributed by atoms with van der Waals surface area (Å²) in [5, 5.41) is 6.80. The molecule has 6 heteroatoms. The molecule has 2 rings (SSSR count). The normalized spacial score (nSPS) is 9.48. The molecule has 0 saturated carbocycles. The largest absolute Gasteiger partial charge is 2.00 e. The molecule has 120 valence electrons. The fourth-order valence-electron chi connectivity index (χ4n) is 1.90. The van der Waals surface area contributed by atoms with Gasteiger partial charge in [0, 0.05) is 11.4 Å². The van der Waals surface area contributed by atoms with Crippen LogP contribution in [0.1, 0.15) is 16.7 Å². The van der Waals surface area contributed by atoms with Gasteiger partial charge in [-0.25, -0.2) is 0 Å².